The molecule has 0 spiro atoms. The Morgan fingerprint density at radius 2 is 2.00 bits per heavy atom. The van der Waals surface area contributed by atoms with Crippen molar-refractivity contribution in [3.8, 4) is 17.2 Å². The Morgan fingerprint density at radius 1 is 1.26 bits per heavy atom. The van der Waals surface area contributed by atoms with Gasteiger partial charge in [0.2, 0.25) is 5.89 Å². The minimum absolute atomic E-state index is 0.0183. The van der Waals surface area contributed by atoms with Crippen molar-refractivity contribution in [1.82, 2.24) is 4.98 Å². The fourth-order valence-electron chi connectivity index (χ4n) is 3.79. The van der Waals surface area contributed by atoms with Gasteiger partial charge in [0, 0.05) is 12.2 Å². The number of carbonyl (C=O) groups is 1. The number of oxazole rings is 1. The van der Waals surface area contributed by atoms with Gasteiger partial charge in [0.1, 0.15) is 17.2 Å². The molecule has 194 valence electrons. The molecule has 0 amide bonds. The Hall–Kier alpha value is -2.63. The van der Waals surface area contributed by atoms with Crippen LogP contribution in [0.2, 0.25) is 0 Å². The summed E-state index contributed by atoms with van der Waals surface area (Å²) in [6.07, 6.45) is -2.17. The van der Waals surface area contributed by atoms with Crippen LogP contribution in [0.3, 0.4) is 0 Å². The number of ether oxygens (including phenoxy) is 4. The molecule has 0 saturated heterocycles. The number of benzene rings is 1. The number of rotatable bonds is 12. The van der Waals surface area contributed by atoms with E-state index >= 15 is 0 Å². The first-order valence-corrected chi connectivity index (χ1v) is 11.5. The summed E-state index contributed by atoms with van der Waals surface area (Å²) < 4.78 is 64.2. The minimum atomic E-state index is -4.79. The Balaban J connectivity index is 1.54. The maximum absolute atomic E-state index is 12.5. The molecule has 2 aromatic rings. The highest BCUT2D eigenvalue weighted by Crippen LogP contribution is 2.30. The second kappa shape index (κ2) is 12.4. The summed E-state index contributed by atoms with van der Waals surface area (Å²) in [4.78, 5) is 15.7. The van der Waals surface area contributed by atoms with Gasteiger partial charge in [-0.1, -0.05) is 13.0 Å². The molecule has 35 heavy (non-hydrogen) atoms. The molecule has 1 aliphatic carbocycles. The van der Waals surface area contributed by atoms with Crippen LogP contribution in [0.25, 0.3) is 11.5 Å². The fourth-order valence-corrected chi connectivity index (χ4v) is 3.79. The molecule has 0 radical (unpaired) electrons. The first-order valence-electron chi connectivity index (χ1n) is 11.5. The molecule has 3 atom stereocenters. The van der Waals surface area contributed by atoms with Crippen LogP contribution in [0.15, 0.2) is 28.7 Å². The molecule has 3 unspecified atom stereocenters. The van der Waals surface area contributed by atoms with Crippen LogP contribution in [0.5, 0.6) is 5.75 Å². The van der Waals surface area contributed by atoms with Crippen LogP contribution in [0.1, 0.15) is 50.5 Å². The van der Waals surface area contributed by atoms with E-state index in [1.165, 1.54) is 18.2 Å². The topological polar surface area (TPSA) is 100 Å². The van der Waals surface area contributed by atoms with Crippen molar-refractivity contribution in [1.29, 1.82) is 0 Å². The Bertz CT molecular complexity index is 963. The number of aryl methyl sites for hydroxylation is 1. The van der Waals surface area contributed by atoms with E-state index in [0.29, 0.717) is 30.0 Å². The van der Waals surface area contributed by atoms with Crippen molar-refractivity contribution in [2.75, 3.05) is 13.2 Å². The van der Waals surface area contributed by atoms with E-state index in [2.05, 4.69) is 9.72 Å². The zero-order valence-corrected chi connectivity index (χ0v) is 19.7. The van der Waals surface area contributed by atoms with Gasteiger partial charge in [-0.2, -0.15) is 0 Å². The van der Waals surface area contributed by atoms with Gasteiger partial charge in [0.05, 0.1) is 25.4 Å². The monoisotopic (exact) mass is 501 g/mol. The molecule has 0 bridgehead atoms. The van der Waals surface area contributed by atoms with E-state index < -0.39 is 18.4 Å². The Kier molecular flexibility index (Phi) is 9.53. The predicted molar refractivity (Wildman–Crippen MR) is 118 cm³/mol. The van der Waals surface area contributed by atoms with E-state index in [4.69, 9.17) is 18.6 Å². The third-order valence-corrected chi connectivity index (χ3v) is 5.52. The van der Waals surface area contributed by atoms with Crippen molar-refractivity contribution >= 4 is 5.97 Å². The van der Waals surface area contributed by atoms with E-state index in [0.717, 1.165) is 25.7 Å². The predicted octanol–water partition coefficient (Wildman–Crippen LogP) is 5.27. The van der Waals surface area contributed by atoms with Crippen LogP contribution in [-0.2, 0) is 25.6 Å². The number of alkyl halides is 3. The molecule has 1 heterocycles. The fraction of sp³-hybridized carbons (Fsp3) is 0.583. The number of carboxylic acid groups (broad SMARTS) is 1. The number of aromatic nitrogens is 1. The highest BCUT2D eigenvalue weighted by molar-refractivity contribution is 5.72. The van der Waals surface area contributed by atoms with Crippen LogP contribution in [0, 0.1) is 6.92 Å². The molecule has 1 aromatic heterocycles. The zero-order valence-electron chi connectivity index (χ0n) is 19.7. The van der Waals surface area contributed by atoms with E-state index in [1.54, 1.807) is 13.0 Å². The lowest BCUT2D eigenvalue weighted by atomic mass is 9.95. The van der Waals surface area contributed by atoms with Gasteiger partial charge in [0.15, 0.2) is 6.10 Å². The number of hydrogen-bond acceptors (Lipinski definition) is 7. The third kappa shape index (κ3) is 8.52. The van der Waals surface area contributed by atoms with E-state index in [1.807, 2.05) is 6.92 Å². The first kappa shape index (κ1) is 27.0. The summed E-state index contributed by atoms with van der Waals surface area (Å²) in [7, 11) is 0. The van der Waals surface area contributed by atoms with Crippen LogP contribution in [-0.4, -0.2) is 53.9 Å². The van der Waals surface area contributed by atoms with Gasteiger partial charge in [0.25, 0.3) is 0 Å². The van der Waals surface area contributed by atoms with Crippen molar-refractivity contribution in [2.45, 2.75) is 77.2 Å². The first-order chi connectivity index (χ1) is 16.6. The van der Waals surface area contributed by atoms with Crippen molar-refractivity contribution in [3.05, 3.63) is 35.7 Å². The lowest BCUT2D eigenvalue weighted by Gasteiger charge is -2.29. The second-order valence-electron chi connectivity index (χ2n) is 8.35. The van der Waals surface area contributed by atoms with Gasteiger partial charge < -0.3 is 28.5 Å². The molecule has 8 nitrogen and oxygen atoms in total. The van der Waals surface area contributed by atoms with Gasteiger partial charge >= 0.3 is 12.3 Å². The van der Waals surface area contributed by atoms with Crippen molar-refractivity contribution in [2.24, 2.45) is 0 Å². The highest BCUT2D eigenvalue weighted by Gasteiger charge is 2.31. The SMILES string of the molecule is CCCOC(COC1CCCC(OCc2nc(-c3cccc(OC(F)(F)F)c3)oc2C)C1)C(=O)O. The van der Waals surface area contributed by atoms with Gasteiger partial charge in [-0.3, -0.25) is 0 Å². The minimum Gasteiger partial charge on any atom is -0.479 e. The number of halogens is 3. The zero-order chi connectivity index (χ0) is 25.4. The standard InChI is InChI=1S/C24H30F3NO7/c1-3-10-31-21(23(29)30)14-33-18-8-5-7-17(12-18)32-13-20-15(2)34-22(28-20)16-6-4-9-19(11-16)35-24(25,26)27/h4,6,9,11,17-18,21H,3,5,7-8,10,12-14H2,1-2H3,(H,29,30). The lowest BCUT2D eigenvalue weighted by molar-refractivity contribution is -0.274. The maximum Gasteiger partial charge on any atom is 0.573 e. The summed E-state index contributed by atoms with van der Waals surface area (Å²) in [6, 6.07) is 5.42. The van der Waals surface area contributed by atoms with Crippen LogP contribution < -0.4 is 4.74 Å². The molecule has 1 N–H and O–H groups in total. The van der Waals surface area contributed by atoms with E-state index in [9.17, 15) is 23.1 Å². The smallest absolute Gasteiger partial charge is 0.479 e. The summed E-state index contributed by atoms with van der Waals surface area (Å²) in [5.41, 5.74) is 0.898. The quantitative estimate of drug-likeness (QED) is 0.420. The third-order valence-electron chi connectivity index (χ3n) is 5.52. The van der Waals surface area contributed by atoms with Gasteiger partial charge in [-0.15, -0.1) is 13.2 Å². The molecular formula is C24H30F3NO7. The average Bonchev–Trinajstić information content (AvgIpc) is 3.17. The molecule has 3 rings (SSSR count). The molecule has 0 aliphatic heterocycles. The highest BCUT2D eigenvalue weighted by atomic mass is 19.4. The molecule has 1 saturated carbocycles. The Morgan fingerprint density at radius 3 is 2.69 bits per heavy atom. The van der Waals surface area contributed by atoms with Gasteiger partial charge in [-0.25, -0.2) is 9.78 Å². The molecule has 1 aromatic carbocycles. The van der Waals surface area contributed by atoms with Crippen LogP contribution >= 0.6 is 0 Å². The number of carboxylic acids is 1. The summed E-state index contributed by atoms with van der Waals surface area (Å²) in [5, 5.41) is 9.26. The number of aliphatic carboxylic acids is 1. The average molecular weight is 501 g/mol. The van der Waals surface area contributed by atoms with E-state index in [-0.39, 0.29) is 37.1 Å². The maximum atomic E-state index is 12.5. The van der Waals surface area contributed by atoms with Crippen molar-refractivity contribution in [3.63, 3.8) is 0 Å². The normalized spacial score (nSPS) is 19.5. The molecule has 1 fully saturated rings. The summed E-state index contributed by atoms with van der Waals surface area (Å²) in [5.74, 6) is -0.731. The number of hydrogen-bond donors (Lipinski definition) is 1. The van der Waals surface area contributed by atoms with Crippen LogP contribution in [0.4, 0.5) is 13.2 Å². The van der Waals surface area contributed by atoms with Gasteiger partial charge in [-0.05, 0) is 57.2 Å². The summed E-state index contributed by atoms with van der Waals surface area (Å²) in [6.45, 7) is 4.12. The Labute approximate surface area is 201 Å². The second-order valence-corrected chi connectivity index (χ2v) is 8.35. The van der Waals surface area contributed by atoms with Crippen molar-refractivity contribution < 1.29 is 46.4 Å². The molecule has 1 aliphatic rings. The largest absolute Gasteiger partial charge is 0.573 e. The number of nitrogens with zero attached hydrogens (tertiary/aromatic N) is 1. The molecular weight excluding hydrogens is 471 g/mol. The lowest BCUT2D eigenvalue weighted by Crippen LogP contribution is -2.34. The molecule has 11 heteroatoms. The summed E-state index contributed by atoms with van der Waals surface area (Å²) >= 11 is 0.